The van der Waals surface area contributed by atoms with Crippen molar-refractivity contribution in [2.45, 2.75) is 51.5 Å². The Bertz CT molecular complexity index is 520. The minimum atomic E-state index is 0.706. The van der Waals surface area contributed by atoms with Gasteiger partial charge in [-0.15, -0.1) is 0 Å². The van der Waals surface area contributed by atoms with Gasteiger partial charge in [-0.3, -0.25) is 0 Å². The van der Waals surface area contributed by atoms with Gasteiger partial charge in [0.15, 0.2) is 0 Å². The van der Waals surface area contributed by atoms with E-state index in [1.54, 1.807) is 6.42 Å². The lowest BCUT2D eigenvalue weighted by molar-refractivity contribution is -0.0548. The van der Waals surface area contributed by atoms with Crippen LogP contribution in [0.1, 0.15) is 50.5 Å². The van der Waals surface area contributed by atoms with Crippen molar-refractivity contribution in [3.63, 3.8) is 0 Å². The summed E-state index contributed by atoms with van der Waals surface area (Å²) in [5.74, 6) is 2.11. The van der Waals surface area contributed by atoms with Crippen molar-refractivity contribution in [3.05, 3.63) is 35.9 Å². The maximum Gasteiger partial charge on any atom is 0.0231 e. The Hall–Kier alpha value is -0.860. The Morgan fingerprint density at radius 1 is 1.12 bits per heavy atom. The van der Waals surface area contributed by atoms with Crippen molar-refractivity contribution in [3.8, 4) is 0 Å². The average Bonchev–Trinajstić information content (AvgIpc) is 2.62. The van der Waals surface area contributed by atoms with Crippen LogP contribution in [0.25, 0.3) is 0 Å². The molecule has 4 fully saturated rings. The van der Waals surface area contributed by atoms with E-state index in [-0.39, 0.29) is 0 Å². The fourth-order valence-corrected chi connectivity index (χ4v) is 5.96. The van der Waals surface area contributed by atoms with Gasteiger partial charge in [-0.25, -0.2) is 0 Å². The molecular formula is C22H34N2. The van der Waals surface area contributed by atoms with Crippen molar-refractivity contribution in [1.29, 1.82) is 0 Å². The molecule has 3 aliphatic carbocycles. The highest BCUT2D eigenvalue weighted by atomic mass is 15.2. The zero-order valence-electron chi connectivity index (χ0n) is 15.4. The first-order valence-electron chi connectivity index (χ1n) is 10.2. The number of hydrogen-bond donors (Lipinski definition) is 0. The second kappa shape index (κ2) is 7.17. The topological polar surface area (TPSA) is 6.48 Å². The molecular weight excluding hydrogens is 292 g/mol. The molecule has 2 nitrogen and oxygen atoms in total. The number of fused-ring (bicyclic) bond motifs is 2. The molecule has 0 N–H and O–H groups in total. The van der Waals surface area contributed by atoms with Crippen LogP contribution in [0.4, 0.5) is 0 Å². The van der Waals surface area contributed by atoms with E-state index in [1.807, 2.05) is 0 Å². The predicted octanol–water partition coefficient (Wildman–Crippen LogP) is 4.41. The summed E-state index contributed by atoms with van der Waals surface area (Å²) in [7, 11) is 2.27. The summed E-state index contributed by atoms with van der Waals surface area (Å²) in [6, 6.07) is 10.9. The molecule has 1 heterocycles. The third kappa shape index (κ3) is 3.55. The Morgan fingerprint density at radius 2 is 1.92 bits per heavy atom. The number of piperidine rings is 1. The first-order valence-corrected chi connectivity index (χ1v) is 10.2. The zero-order chi connectivity index (χ0) is 16.4. The lowest BCUT2D eigenvalue weighted by atomic mass is 9.53. The summed E-state index contributed by atoms with van der Waals surface area (Å²) in [4.78, 5) is 5.29. The van der Waals surface area contributed by atoms with Gasteiger partial charge in [0.1, 0.15) is 0 Å². The number of benzene rings is 1. The van der Waals surface area contributed by atoms with Crippen LogP contribution in [0.5, 0.6) is 0 Å². The molecule has 2 bridgehead atoms. The van der Waals surface area contributed by atoms with Gasteiger partial charge in [-0.2, -0.15) is 0 Å². The van der Waals surface area contributed by atoms with Crippen molar-refractivity contribution >= 4 is 0 Å². The van der Waals surface area contributed by atoms with Crippen LogP contribution in [0.15, 0.2) is 30.3 Å². The molecule has 1 aromatic rings. The summed E-state index contributed by atoms with van der Waals surface area (Å²) in [5, 5.41) is 0. The fourth-order valence-electron chi connectivity index (χ4n) is 5.96. The van der Waals surface area contributed by atoms with Crippen LogP contribution in [-0.4, -0.2) is 43.0 Å². The van der Waals surface area contributed by atoms with E-state index in [0.29, 0.717) is 5.41 Å². The van der Waals surface area contributed by atoms with Crippen LogP contribution in [-0.2, 0) is 6.54 Å². The smallest absolute Gasteiger partial charge is 0.0231 e. The van der Waals surface area contributed by atoms with E-state index >= 15 is 0 Å². The van der Waals surface area contributed by atoms with Gasteiger partial charge >= 0.3 is 0 Å². The number of likely N-dealkylation sites (N-methyl/N-ethyl adjacent to an activating group) is 1. The second-order valence-corrected chi connectivity index (χ2v) is 8.89. The molecule has 1 atom stereocenters. The molecule has 0 radical (unpaired) electrons. The predicted molar refractivity (Wildman–Crippen MR) is 101 cm³/mol. The Kier molecular flexibility index (Phi) is 4.96. The summed E-state index contributed by atoms with van der Waals surface area (Å²) in [6.45, 7) is 6.25. The van der Waals surface area contributed by atoms with Crippen molar-refractivity contribution < 1.29 is 0 Å². The van der Waals surface area contributed by atoms with E-state index in [0.717, 1.165) is 18.4 Å². The summed E-state index contributed by atoms with van der Waals surface area (Å²) in [6.07, 6.45) is 10.6. The highest BCUT2D eigenvalue weighted by molar-refractivity contribution is 5.14. The third-order valence-corrected chi connectivity index (χ3v) is 7.19. The van der Waals surface area contributed by atoms with Crippen molar-refractivity contribution in [2.75, 3.05) is 33.2 Å². The molecule has 0 amide bonds. The monoisotopic (exact) mass is 326 g/mol. The van der Waals surface area contributed by atoms with Gasteiger partial charge in [-0.05, 0) is 68.5 Å². The quantitative estimate of drug-likeness (QED) is 0.791. The van der Waals surface area contributed by atoms with E-state index < -0.39 is 0 Å². The normalized spacial score (nSPS) is 33.4. The first kappa shape index (κ1) is 16.6. The molecule has 1 unspecified atom stereocenters. The summed E-state index contributed by atoms with van der Waals surface area (Å²) >= 11 is 0. The first-order chi connectivity index (χ1) is 11.7. The van der Waals surface area contributed by atoms with E-state index in [9.17, 15) is 0 Å². The van der Waals surface area contributed by atoms with E-state index in [1.165, 1.54) is 70.3 Å². The molecule has 3 saturated carbocycles. The minimum absolute atomic E-state index is 0.706. The average molecular weight is 327 g/mol. The van der Waals surface area contributed by atoms with Crippen LogP contribution in [0.2, 0.25) is 0 Å². The van der Waals surface area contributed by atoms with E-state index in [4.69, 9.17) is 0 Å². The number of likely N-dealkylation sites (tertiary alicyclic amines) is 1. The van der Waals surface area contributed by atoms with Gasteiger partial charge < -0.3 is 9.80 Å². The van der Waals surface area contributed by atoms with Crippen molar-refractivity contribution in [1.82, 2.24) is 9.80 Å². The van der Waals surface area contributed by atoms with Crippen molar-refractivity contribution in [2.24, 2.45) is 17.3 Å². The highest BCUT2D eigenvalue weighted by Crippen LogP contribution is 2.56. The molecule has 4 aliphatic rings. The highest BCUT2D eigenvalue weighted by Gasteiger charge is 2.48. The van der Waals surface area contributed by atoms with Gasteiger partial charge in [0, 0.05) is 26.2 Å². The van der Waals surface area contributed by atoms with Gasteiger partial charge in [0.2, 0.25) is 0 Å². The van der Waals surface area contributed by atoms with Crippen LogP contribution in [0.3, 0.4) is 0 Å². The number of nitrogens with zero attached hydrogens (tertiary/aromatic N) is 2. The largest absolute Gasteiger partial charge is 0.302 e. The Labute approximate surface area is 148 Å². The molecule has 24 heavy (non-hydrogen) atoms. The lowest BCUT2D eigenvalue weighted by Crippen LogP contribution is -2.53. The minimum Gasteiger partial charge on any atom is -0.302 e. The molecule has 1 saturated heterocycles. The van der Waals surface area contributed by atoms with Crippen LogP contribution < -0.4 is 0 Å². The maximum atomic E-state index is 2.80. The second-order valence-electron chi connectivity index (χ2n) is 8.89. The Balaban J connectivity index is 1.29. The molecule has 1 spiro atoms. The van der Waals surface area contributed by atoms with E-state index in [2.05, 4.69) is 47.2 Å². The molecule has 2 heteroatoms. The fraction of sp³-hybridized carbons (Fsp3) is 0.727. The van der Waals surface area contributed by atoms with Gasteiger partial charge in [0.25, 0.3) is 0 Å². The standard InChI is InChI=1S/C22H34N2/c1-23(17-20-6-3-2-4-7-20)14-15-24-13-5-12-22(18-24)16-19-8-10-21(22)11-9-19/h2-4,6-7,19,21H,5,8-18H2,1H3. The number of hydrogen-bond acceptors (Lipinski definition) is 2. The van der Waals surface area contributed by atoms with Crippen LogP contribution >= 0.6 is 0 Å². The van der Waals surface area contributed by atoms with Gasteiger partial charge in [-0.1, -0.05) is 43.2 Å². The summed E-state index contributed by atoms with van der Waals surface area (Å²) in [5.41, 5.74) is 2.14. The number of rotatable bonds is 5. The maximum absolute atomic E-state index is 2.80. The zero-order valence-corrected chi connectivity index (χ0v) is 15.4. The molecule has 5 rings (SSSR count). The Morgan fingerprint density at radius 3 is 2.62 bits per heavy atom. The molecule has 1 aliphatic heterocycles. The SMILES string of the molecule is CN(CCN1CCCC2(CC3CCC2CC3)C1)Cc1ccccc1. The molecule has 0 aromatic heterocycles. The lowest BCUT2D eigenvalue weighted by Gasteiger charge is -2.56. The third-order valence-electron chi connectivity index (χ3n) is 7.19. The molecule has 132 valence electrons. The summed E-state index contributed by atoms with van der Waals surface area (Å²) < 4.78 is 0. The molecule has 1 aromatic carbocycles. The van der Waals surface area contributed by atoms with Crippen LogP contribution in [0, 0.1) is 17.3 Å². The van der Waals surface area contributed by atoms with Gasteiger partial charge in [0.05, 0.1) is 0 Å².